The summed E-state index contributed by atoms with van der Waals surface area (Å²) in [6, 6.07) is 16.4. The summed E-state index contributed by atoms with van der Waals surface area (Å²) in [6.45, 7) is 6.06. The van der Waals surface area contributed by atoms with Gasteiger partial charge in [0.1, 0.15) is 5.58 Å². The van der Waals surface area contributed by atoms with Crippen molar-refractivity contribution in [3.63, 3.8) is 0 Å². The zero-order valence-corrected chi connectivity index (χ0v) is 20.0. The monoisotopic (exact) mass is 507 g/mol. The van der Waals surface area contributed by atoms with E-state index in [-0.39, 0.29) is 11.7 Å². The number of benzene rings is 2. The second kappa shape index (κ2) is 9.46. The van der Waals surface area contributed by atoms with Crippen LogP contribution < -0.4 is 5.43 Å². The van der Waals surface area contributed by atoms with E-state index in [0.29, 0.717) is 17.8 Å². The van der Waals surface area contributed by atoms with E-state index in [9.17, 15) is 9.59 Å². The Bertz CT molecular complexity index is 1370. The zero-order chi connectivity index (χ0) is 23.5. The minimum absolute atomic E-state index is 0.187. The maximum absolute atomic E-state index is 12.4. The molecule has 0 aliphatic rings. The maximum atomic E-state index is 12.4. The number of hydrazone groups is 1. The van der Waals surface area contributed by atoms with E-state index in [1.165, 1.54) is 0 Å². The normalized spacial score (nSPS) is 11.3. The Kier molecular flexibility index (Phi) is 6.46. The van der Waals surface area contributed by atoms with Gasteiger partial charge in [0, 0.05) is 32.5 Å². The lowest BCUT2D eigenvalue weighted by molar-refractivity contribution is 0.0526. The summed E-state index contributed by atoms with van der Waals surface area (Å²) in [5.41, 5.74) is 7.36. The number of fused-ring (bicyclic) bond motifs is 1. The number of rotatable bonds is 6. The van der Waals surface area contributed by atoms with Crippen LogP contribution in [-0.4, -0.2) is 29.3 Å². The number of carbonyl (C=O) groups excluding carboxylic acids is 2. The molecule has 8 heteroatoms. The van der Waals surface area contributed by atoms with Crippen molar-refractivity contribution in [3.05, 3.63) is 87.3 Å². The Balaban J connectivity index is 1.49. The molecule has 0 aliphatic carbocycles. The van der Waals surface area contributed by atoms with Gasteiger partial charge in [0.15, 0.2) is 5.76 Å². The van der Waals surface area contributed by atoms with Crippen LogP contribution in [0.2, 0.25) is 0 Å². The number of esters is 1. The molecule has 0 unspecified atom stereocenters. The molecule has 0 saturated carbocycles. The molecule has 7 nitrogen and oxygen atoms in total. The van der Waals surface area contributed by atoms with Gasteiger partial charge in [-0.15, -0.1) is 0 Å². The second-order valence-corrected chi connectivity index (χ2v) is 8.34. The largest absolute Gasteiger partial charge is 0.462 e. The molecule has 0 atom stereocenters. The molecule has 4 aromatic rings. The third-order valence-electron chi connectivity index (χ3n) is 5.18. The van der Waals surface area contributed by atoms with Crippen molar-refractivity contribution >= 4 is 45.0 Å². The summed E-state index contributed by atoms with van der Waals surface area (Å²) in [4.78, 5) is 24.3. The molecular weight excluding hydrogens is 486 g/mol. The number of furan rings is 1. The lowest BCUT2D eigenvalue weighted by atomic mass is 10.2. The fourth-order valence-corrected chi connectivity index (χ4v) is 4.00. The van der Waals surface area contributed by atoms with Crippen LogP contribution in [0.3, 0.4) is 0 Å². The highest BCUT2D eigenvalue weighted by Gasteiger charge is 2.13. The molecule has 0 aliphatic heterocycles. The van der Waals surface area contributed by atoms with E-state index in [1.54, 1.807) is 37.4 Å². The summed E-state index contributed by atoms with van der Waals surface area (Å²) in [5, 5.41) is 4.93. The third-order valence-corrected chi connectivity index (χ3v) is 5.67. The average Bonchev–Trinajstić information content (AvgIpc) is 3.34. The molecule has 2 aromatic carbocycles. The van der Waals surface area contributed by atoms with Gasteiger partial charge in [-0.3, -0.25) is 4.79 Å². The van der Waals surface area contributed by atoms with Crippen molar-refractivity contribution in [3.8, 4) is 5.69 Å². The standard InChI is InChI=1S/C25H22BrN3O4/c1-4-32-25(31)17-5-8-21(9-6-17)29-15(2)11-19(16(29)3)14-27-28-24(30)23-13-18-12-20(26)7-10-22(18)33-23/h5-14H,4H2,1-3H3,(H,28,30)/b27-14+. The minimum atomic E-state index is -0.429. The number of nitrogens with one attached hydrogen (secondary N) is 1. The van der Waals surface area contributed by atoms with Crippen molar-refractivity contribution in [1.29, 1.82) is 0 Å². The van der Waals surface area contributed by atoms with Gasteiger partial charge < -0.3 is 13.7 Å². The number of aromatic nitrogens is 1. The van der Waals surface area contributed by atoms with Crippen molar-refractivity contribution in [2.45, 2.75) is 20.8 Å². The third kappa shape index (κ3) is 4.75. The van der Waals surface area contributed by atoms with Gasteiger partial charge in [0.05, 0.1) is 18.4 Å². The van der Waals surface area contributed by atoms with Crippen LogP contribution in [0.5, 0.6) is 0 Å². The average molecular weight is 508 g/mol. The first kappa shape index (κ1) is 22.5. The van der Waals surface area contributed by atoms with Gasteiger partial charge in [-0.25, -0.2) is 10.2 Å². The first-order valence-electron chi connectivity index (χ1n) is 10.4. The zero-order valence-electron chi connectivity index (χ0n) is 18.4. The lowest BCUT2D eigenvalue weighted by Crippen LogP contribution is -2.16. The van der Waals surface area contributed by atoms with Crippen LogP contribution >= 0.6 is 15.9 Å². The van der Waals surface area contributed by atoms with Crippen LogP contribution in [0, 0.1) is 13.8 Å². The minimum Gasteiger partial charge on any atom is -0.462 e. The first-order valence-corrected chi connectivity index (χ1v) is 11.2. The predicted molar refractivity (Wildman–Crippen MR) is 130 cm³/mol. The van der Waals surface area contributed by atoms with Gasteiger partial charge in [-0.2, -0.15) is 5.10 Å². The highest BCUT2D eigenvalue weighted by molar-refractivity contribution is 9.10. The molecule has 0 radical (unpaired) electrons. The van der Waals surface area contributed by atoms with Crippen LogP contribution in [0.1, 0.15) is 44.8 Å². The van der Waals surface area contributed by atoms with Crippen LogP contribution in [0.4, 0.5) is 0 Å². The number of halogens is 1. The summed E-state index contributed by atoms with van der Waals surface area (Å²) in [6.07, 6.45) is 1.60. The number of ether oxygens (including phenoxy) is 1. The summed E-state index contributed by atoms with van der Waals surface area (Å²) in [5.74, 6) is -0.583. The molecular formula is C25H22BrN3O4. The number of hydrogen-bond donors (Lipinski definition) is 1. The smallest absolute Gasteiger partial charge is 0.338 e. The van der Waals surface area contributed by atoms with E-state index in [2.05, 4.69) is 31.0 Å². The van der Waals surface area contributed by atoms with E-state index < -0.39 is 5.91 Å². The van der Waals surface area contributed by atoms with Crippen molar-refractivity contribution < 1.29 is 18.7 Å². The quantitative estimate of drug-likeness (QED) is 0.211. The molecule has 1 N–H and O–H groups in total. The Morgan fingerprint density at radius 2 is 1.88 bits per heavy atom. The van der Waals surface area contributed by atoms with Crippen LogP contribution in [-0.2, 0) is 4.74 Å². The molecule has 0 bridgehead atoms. The molecule has 168 valence electrons. The molecule has 1 amide bonds. The predicted octanol–water partition coefficient (Wildman–Crippen LogP) is 5.54. The molecule has 4 rings (SSSR count). The molecule has 2 heterocycles. The van der Waals surface area contributed by atoms with E-state index in [0.717, 1.165) is 32.5 Å². The number of amides is 1. The highest BCUT2D eigenvalue weighted by atomic mass is 79.9. The SMILES string of the molecule is CCOC(=O)c1ccc(-n2c(C)cc(/C=N/NC(=O)c3cc4cc(Br)ccc4o3)c2C)cc1. The number of carbonyl (C=O) groups is 2. The number of aryl methyl sites for hydroxylation is 1. The van der Waals surface area contributed by atoms with Crippen molar-refractivity contribution in [2.24, 2.45) is 5.10 Å². The number of hydrogen-bond acceptors (Lipinski definition) is 5. The van der Waals surface area contributed by atoms with Gasteiger partial charge in [-0.05, 0) is 75.4 Å². The first-order chi connectivity index (χ1) is 15.9. The maximum Gasteiger partial charge on any atom is 0.338 e. The van der Waals surface area contributed by atoms with Crippen LogP contribution in [0.25, 0.3) is 16.7 Å². The Hall–Kier alpha value is -3.65. The summed E-state index contributed by atoms with van der Waals surface area (Å²) >= 11 is 3.41. The van der Waals surface area contributed by atoms with Gasteiger partial charge in [-0.1, -0.05) is 15.9 Å². The Labute approximate surface area is 199 Å². The van der Waals surface area contributed by atoms with Crippen LogP contribution in [0.15, 0.2) is 68.6 Å². The van der Waals surface area contributed by atoms with Crippen molar-refractivity contribution in [2.75, 3.05) is 6.61 Å². The summed E-state index contributed by atoms with van der Waals surface area (Å²) < 4.78 is 13.6. The molecule has 0 saturated heterocycles. The molecule has 2 aromatic heterocycles. The van der Waals surface area contributed by atoms with Gasteiger partial charge in [0.25, 0.3) is 0 Å². The van der Waals surface area contributed by atoms with Crippen molar-refractivity contribution in [1.82, 2.24) is 9.99 Å². The van der Waals surface area contributed by atoms with Gasteiger partial charge >= 0.3 is 11.9 Å². The topological polar surface area (TPSA) is 85.8 Å². The van der Waals surface area contributed by atoms with E-state index in [1.807, 2.05) is 44.2 Å². The molecule has 0 fully saturated rings. The Morgan fingerprint density at radius 3 is 2.61 bits per heavy atom. The molecule has 33 heavy (non-hydrogen) atoms. The van der Waals surface area contributed by atoms with Gasteiger partial charge in [0.2, 0.25) is 0 Å². The fourth-order valence-electron chi connectivity index (χ4n) is 3.62. The summed E-state index contributed by atoms with van der Waals surface area (Å²) in [7, 11) is 0. The highest BCUT2D eigenvalue weighted by Crippen LogP contribution is 2.23. The lowest BCUT2D eigenvalue weighted by Gasteiger charge is -2.10. The Morgan fingerprint density at radius 1 is 1.12 bits per heavy atom. The number of nitrogens with zero attached hydrogens (tertiary/aromatic N) is 2. The fraction of sp³-hybridized carbons (Fsp3) is 0.160. The second-order valence-electron chi connectivity index (χ2n) is 7.42. The van der Waals surface area contributed by atoms with E-state index >= 15 is 0 Å². The van der Waals surface area contributed by atoms with E-state index in [4.69, 9.17) is 9.15 Å². The molecule has 0 spiro atoms.